The maximum absolute atomic E-state index is 12.6. The highest BCUT2D eigenvalue weighted by Crippen LogP contribution is 2.28. The van der Waals surface area contributed by atoms with E-state index in [0.29, 0.717) is 16.3 Å². The number of aryl methyl sites for hydroxylation is 3. The number of anilines is 1. The van der Waals surface area contributed by atoms with Gasteiger partial charge in [-0.3, -0.25) is 9.10 Å². The highest BCUT2D eigenvalue weighted by atomic mass is 35.5. The first-order valence-corrected chi connectivity index (χ1v) is 11.5. The average Bonchev–Trinajstić information content (AvgIpc) is 2.63. The monoisotopic (exact) mass is 438 g/mol. The zero-order valence-electron chi connectivity index (χ0n) is 17.3. The molecular weight excluding hydrogens is 412 g/mol. The fourth-order valence-corrected chi connectivity index (χ4v) is 4.29. The van der Waals surface area contributed by atoms with E-state index in [1.165, 1.54) is 5.56 Å². The molecule has 0 saturated carbocycles. The Labute approximate surface area is 177 Å². The Balaban J connectivity index is 2.04. The molecular formula is C21H27ClN2O4S. The molecule has 0 saturated heterocycles. The first-order valence-electron chi connectivity index (χ1n) is 9.24. The van der Waals surface area contributed by atoms with E-state index in [1.54, 1.807) is 32.0 Å². The van der Waals surface area contributed by atoms with Gasteiger partial charge in [0.05, 0.1) is 18.5 Å². The average molecular weight is 439 g/mol. The molecule has 0 aliphatic rings. The van der Waals surface area contributed by atoms with Crippen LogP contribution in [0.15, 0.2) is 36.4 Å². The number of nitrogens with one attached hydrogen (secondary N) is 1. The molecule has 158 valence electrons. The van der Waals surface area contributed by atoms with Gasteiger partial charge in [0, 0.05) is 5.02 Å². The SMILES string of the molecule is Cc1ccc(OCCNC(=O)[C@@H](C)N(c2cc(Cl)ccc2C)S(C)(=O)=O)cc1C. The smallest absolute Gasteiger partial charge is 0.243 e. The van der Waals surface area contributed by atoms with Gasteiger partial charge in [-0.25, -0.2) is 8.42 Å². The van der Waals surface area contributed by atoms with E-state index in [2.05, 4.69) is 5.32 Å². The number of sulfonamides is 1. The molecule has 0 unspecified atom stereocenters. The zero-order valence-corrected chi connectivity index (χ0v) is 18.9. The molecule has 2 aromatic carbocycles. The van der Waals surface area contributed by atoms with Crippen molar-refractivity contribution in [3.63, 3.8) is 0 Å². The topological polar surface area (TPSA) is 75.7 Å². The molecule has 0 spiro atoms. The normalized spacial score (nSPS) is 12.3. The fraction of sp³-hybridized carbons (Fsp3) is 0.381. The van der Waals surface area contributed by atoms with E-state index in [1.807, 2.05) is 32.0 Å². The molecule has 0 radical (unpaired) electrons. The van der Waals surface area contributed by atoms with Gasteiger partial charge in [0.15, 0.2) is 0 Å². The molecule has 0 bridgehead atoms. The zero-order chi connectivity index (χ0) is 21.8. The second-order valence-corrected chi connectivity index (χ2v) is 9.35. The summed E-state index contributed by atoms with van der Waals surface area (Å²) in [7, 11) is -3.70. The van der Waals surface area contributed by atoms with Gasteiger partial charge in [-0.1, -0.05) is 23.7 Å². The summed E-state index contributed by atoms with van der Waals surface area (Å²) < 4.78 is 31.5. The van der Waals surface area contributed by atoms with Crippen LogP contribution in [0.2, 0.25) is 5.02 Å². The number of hydrogen-bond acceptors (Lipinski definition) is 4. The van der Waals surface area contributed by atoms with Crippen LogP contribution in [0, 0.1) is 20.8 Å². The third-order valence-electron chi connectivity index (χ3n) is 4.65. The predicted molar refractivity (Wildman–Crippen MR) is 117 cm³/mol. The van der Waals surface area contributed by atoms with Crippen molar-refractivity contribution in [3.05, 3.63) is 58.1 Å². The molecule has 2 aromatic rings. The Hall–Kier alpha value is -2.25. The first kappa shape index (κ1) is 23.0. The summed E-state index contributed by atoms with van der Waals surface area (Å²) in [6.45, 7) is 7.87. The summed E-state index contributed by atoms with van der Waals surface area (Å²) in [6.07, 6.45) is 1.07. The summed E-state index contributed by atoms with van der Waals surface area (Å²) in [4.78, 5) is 12.6. The molecule has 8 heteroatoms. The molecule has 1 atom stereocenters. The van der Waals surface area contributed by atoms with Crippen LogP contribution in [-0.2, 0) is 14.8 Å². The number of nitrogens with zero attached hydrogens (tertiary/aromatic N) is 1. The third kappa shape index (κ3) is 6.11. The van der Waals surface area contributed by atoms with Crippen LogP contribution in [0.25, 0.3) is 0 Å². The van der Waals surface area contributed by atoms with Crippen molar-refractivity contribution in [2.24, 2.45) is 0 Å². The molecule has 2 rings (SSSR count). The van der Waals surface area contributed by atoms with E-state index in [9.17, 15) is 13.2 Å². The van der Waals surface area contributed by atoms with E-state index < -0.39 is 22.0 Å². The van der Waals surface area contributed by atoms with Crippen molar-refractivity contribution < 1.29 is 17.9 Å². The maximum Gasteiger partial charge on any atom is 0.243 e. The van der Waals surface area contributed by atoms with Crippen LogP contribution < -0.4 is 14.4 Å². The lowest BCUT2D eigenvalue weighted by Gasteiger charge is -2.29. The van der Waals surface area contributed by atoms with Crippen molar-refractivity contribution >= 4 is 33.2 Å². The van der Waals surface area contributed by atoms with Crippen molar-refractivity contribution in [1.82, 2.24) is 5.32 Å². The van der Waals surface area contributed by atoms with Crippen LogP contribution in [0.4, 0.5) is 5.69 Å². The Morgan fingerprint density at radius 3 is 2.38 bits per heavy atom. The largest absolute Gasteiger partial charge is 0.492 e. The lowest BCUT2D eigenvalue weighted by molar-refractivity contribution is -0.121. The second kappa shape index (κ2) is 9.50. The molecule has 0 aromatic heterocycles. The van der Waals surface area contributed by atoms with Crippen molar-refractivity contribution in [1.29, 1.82) is 0 Å². The van der Waals surface area contributed by atoms with Gasteiger partial charge in [-0.05, 0) is 68.7 Å². The number of carbonyl (C=O) groups excluding carboxylic acids is 1. The molecule has 1 N–H and O–H groups in total. The van der Waals surface area contributed by atoms with Crippen LogP contribution in [-0.4, -0.2) is 39.8 Å². The first-order chi connectivity index (χ1) is 13.5. The predicted octanol–water partition coefficient (Wildman–Crippen LogP) is 3.61. The number of carbonyl (C=O) groups is 1. The van der Waals surface area contributed by atoms with Gasteiger partial charge in [0.25, 0.3) is 0 Å². The molecule has 1 amide bonds. The summed E-state index contributed by atoms with van der Waals surface area (Å²) in [5, 5.41) is 3.13. The molecule has 29 heavy (non-hydrogen) atoms. The number of rotatable bonds is 8. The minimum atomic E-state index is -3.70. The molecule has 0 aliphatic carbocycles. The van der Waals surface area contributed by atoms with Gasteiger partial charge in [0.1, 0.15) is 18.4 Å². The summed E-state index contributed by atoms with van der Waals surface area (Å²) in [5.74, 6) is 0.307. The molecule has 0 fully saturated rings. The summed E-state index contributed by atoms with van der Waals surface area (Å²) in [5.41, 5.74) is 3.39. The highest BCUT2D eigenvalue weighted by Gasteiger charge is 2.30. The van der Waals surface area contributed by atoms with Gasteiger partial charge in [-0.15, -0.1) is 0 Å². The minimum Gasteiger partial charge on any atom is -0.492 e. The van der Waals surface area contributed by atoms with E-state index in [4.69, 9.17) is 16.3 Å². The van der Waals surface area contributed by atoms with Crippen molar-refractivity contribution in [2.45, 2.75) is 33.7 Å². The number of amides is 1. The van der Waals surface area contributed by atoms with E-state index in [0.717, 1.165) is 21.9 Å². The van der Waals surface area contributed by atoms with E-state index >= 15 is 0 Å². The highest BCUT2D eigenvalue weighted by molar-refractivity contribution is 7.92. The fourth-order valence-electron chi connectivity index (χ4n) is 2.90. The lowest BCUT2D eigenvalue weighted by Crippen LogP contribution is -2.48. The molecule has 0 heterocycles. The number of halogens is 1. The molecule has 0 aliphatic heterocycles. The third-order valence-corrected chi connectivity index (χ3v) is 6.11. The lowest BCUT2D eigenvalue weighted by atomic mass is 10.1. The van der Waals surface area contributed by atoms with Crippen LogP contribution in [0.5, 0.6) is 5.75 Å². The van der Waals surface area contributed by atoms with E-state index in [-0.39, 0.29) is 13.2 Å². The minimum absolute atomic E-state index is 0.252. The van der Waals surface area contributed by atoms with Gasteiger partial charge < -0.3 is 10.1 Å². The second-order valence-electron chi connectivity index (χ2n) is 7.05. The van der Waals surface area contributed by atoms with Gasteiger partial charge in [0.2, 0.25) is 15.9 Å². The van der Waals surface area contributed by atoms with Crippen LogP contribution in [0.3, 0.4) is 0 Å². The maximum atomic E-state index is 12.6. The number of hydrogen-bond donors (Lipinski definition) is 1. The Morgan fingerprint density at radius 1 is 1.10 bits per heavy atom. The number of benzene rings is 2. The quantitative estimate of drug-likeness (QED) is 0.639. The van der Waals surface area contributed by atoms with Gasteiger partial charge in [-0.2, -0.15) is 0 Å². The summed E-state index contributed by atoms with van der Waals surface area (Å²) >= 11 is 6.04. The van der Waals surface area contributed by atoms with Crippen molar-refractivity contribution in [3.8, 4) is 5.75 Å². The molecule has 6 nitrogen and oxygen atoms in total. The Kier molecular flexibility index (Phi) is 7.54. The standard InChI is InChI=1S/C21H27ClN2O4S/c1-14-7-9-19(12-16(14)3)28-11-10-23-21(25)17(4)24(29(5,26)27)20-13-18(22)8-6-15(20)2/h6-9,12-13,17H,10-11H2,1-5H3,(H,23,25)/t17-/m1/s1. The summed E-state index contributed by atoms with van der Waals surface area (Å²) in [6, 6.07) is 9.79. The Bertz CT molecular complexity index is 992. The number of ether oxygens (including phenoxy) is 1. The van der Waals surface area contributed by atoms with Crippen molar-refractivity contribution in [2.75, 3.05) is 23.7 Å². The Morgan fingerprint density at radius 2 is 1.76 bits per heavy atom. The van der Waals surface area contributed by atoms with Gasteiger partial charge >= 0.3 is 0 Å². The van der Waals surface area contributed by atoms with Crippen LogP contribution >= 0.6 is 11.6 Å². The van der Waals surface area contributed by atoms with Crippen LogP contribution in [0.1, 0.15) is 23.6 Å².